The number of aldehydes is 1. The summed E-state index contributed by atoms with van der Waals surface area (Å²) in [6, 6.07) is 5.48. The van der Waals surface area contributed by atoms with Crippen LogP contribution in [0.15, 0.2) is 34.8 Å². The molecule has 2 aromatic heterocycles. The summed E-state index contributed by atoms with van der Waals surface area (Å²) in [5, 5.41) is 21.0. The molecule has 2 unspecified atom stereocenters. The van der Waals surface area contributed by atoms with Gasteiger partial charge in [0.1, 0.15) is 22.8 Å². The van der Waals surface area contributed by atoms with Crippen molar-refractivity contribution in [1.82, 2.24) is 19.7 Å². The van der Waals surface area contributed by atoms with E-state index in [1.165, 1.54) is 17.4 Å². The van der Waals surface area contributed by atoms with Gasteiger partial charge >= 0.3 is 0 Å². The summed E-state index contributed by atoms with van der Waals surface area (Å²) in [6.07, 6.45) is -5.80. The Morgan fingerprint density at radius 2 is 1.95 bits per heavy atom. The summed E-state index contributed by atoms with van der Waals surface area (Å²) in [5.74, 6) is 0.0898. The van der Waals surface area contributed by atoms with Gasteiger partial charge in [0.2, 0.25) is 0 Å². The van der Waals surface area contributed by atoms with Gasteiger partial charge in [-0.05, 0) is 31.0 Å². The molecule has 4 heterocycles. The first-order valence-electron chi connectivity index (χ1n) is 11.8. The highest BCUT2D eigenvalue weighted by Gasteiger charge is 2.33. The normalized spacial score (nSPS) is 19.7. The van der Waals surface area contributed by atoms with E-state index in [0.717, 1.165) is 5.01 Å². The summed E-state index contributed by atoms with van der Waals surface area (Å²) in [5.41, 5.74) is 0.247. The molecule has 1 aromatic carbocycles. The summed E-state index contributed by atoms with van der Waals surface area (Å²) >= 11 is 7.69. The average Bonchev–Trinajstić information content (AvgIpc) is 3.65. The zero-order valence-electron chi connectivity index (χ0n) is 19.7. The second-order valence-corrected chi connectivity index (χ2v) is 10.3. The van der Waals surface area contributed by atoms with E-state index in [2.05, 4.69) is 10.3 Å². The third-order valence-corrected chi connectivity index (χ3v) is 8.03. The lowest BCUT2D eigenvalue weighted by Gasteiger charge is -2.35. The van der Waals surface area contributed by atoms with Crippen LogP contribution in [0.3, 0.4) is 0 Å². The number of thiazole rings is 1. The van der Waals surface area contributed by atoms with Crippen LogP contribution in [-0.4, -0.2) is 49.9 Å². The topological polar surface area (TPSA) is 92.8 Å². The van der Waals surface area contributed by atoms with Crippen molar-refractivity contribution in [3.63, 3.8) is 0 Å². The number of nitrogens with zero attached hydrogens (tertiary/aromatic N) is 5. The third-order valence-electron chi connectivity index (χ3n) is 6.69. The Morgan fingerprint density at radius 1 is 1.18 bits per heavy atom. The molecule has 0 saturated carbocycles. The molecule has 38 heavy (non-hydrogen) atoms. The smallest absolute Gasteiger partial charge is 0.282 e. The standard InChI is InChI=1S/C24H22ClF4N5O3S/c25-13-2-1-3-18(36)21(13)19-9-14(32-37-19)16-11-38-24(30-16)12-4-6-33(7-5-12)20(10-35)34-17(23(28)29)8-15(31-34)22(26)27/h1-3,8,10-12,19-20,22-23,36H,4-7,9H2. The molecule has 0 radical (unpaired) electrons. The highest BCUT2D eigenvalue weighted by atomic mass is 35.5. The van der Waals surface area contributed by atoms with Gasteiger partial charge in [-0.1, -0.05) is 22.8 Å². The van der Waals surface area contributed by atoms with Crippen LogP contribution in [0.1, 0.15) is 78.0 Å². The number of alkyl halides is 4. The molecular formula is C24H22ClF4N5O3S. The van der Waals surface area contributed by atoms with Gasteiger partial charge in [-0.25, -0.2) is 27.2 Å². The molecule has 1 saturated heterocycles. The molecule has 202 valence electrons. The first kappa shape index (κ1) is 26.6. The number of likely N-dealkylation sites (tertiary alicyclic amines) is 1. The third kappa shape index (κ3) is 5.14. The molecule has 1 fully saturated rings. The fraction of sp³-hybridized carbons (Fsp3) is 0.417. The second-order valence-electron chi connectivity index (χ2n) is 8.98. The van der Waals surface area contributed by atoms with Crippen molar-refractivity contribution in [2.75, 3.05) is 13.1 Å². The SMILES string of the molecule is O=CC(N1CCC(c2nc(C3=NOC(c4c(O)cccc4Cl)C3)cs2)CC1)n1nc(C(F)F)cc1C(F)F. The molecule has 2 aliphatic rings. The van der Waals surface area contributed by atoms with Gasteiger partial charge in [0.15, 0.2) is 18.6 Å². The summed E-state index contributed by atoms with van der Waals surface area (Å²) in [7, 11) is 0. The van der Waals surface area contributed by atoms with E-state index in [1.54, 1.807) is 17.0 Å². The summed E-state index contributed by atoms with van der Waals surface area (Å²) < 4.78 is 53.8. The van der Waals surface area contributed by atoms with Gasteiger partial charge in [-0.15, -0.1) is 11.3 Å². The molecule has 0 bridgehead atoms. The number of hydrogen-bond donors (Lipinski definition) is 1. The lowest BCUT2D eigenvalue weighted by Crippen LogP contribution is -2.40. The van der Waals surface area contributed by atoms with Crippen LogP contribution < -0.4 is 0 Å². The second kappa shape index (κ2) is 11.0. The van der Waals surface area contributed by atoms with Crippen LogP contribution in [-0.2, 0) is 9.63 Å². The number of oxime groups is 1. The summed E-state index contributed by atoms with van der Waals surface area (Å²) in [6.45, 7) is 0.737. The predicted molar refractivity (Wildman–Crippen MR) is 131 cm³/mol. The molecule has 1 N–H and O–H groups in total. The largest absolute Gasteiger partial charge is 0.507 e. The number of carbonyl (C=O) groups is 1. The van der Waals surface area contributed by atoms with Gasteiger partial charge in [-0.2, -0.15) is 5.10 Å². The number of aromatic hydroxyl groups is 1. The Bertz CT molecular complexity index is 1320. The molecule has 8 nitrogen and oxygen atoms in total. The van der Waals surface area contributed by atoms with Crippen molar-refractivity contribution in [3.05, 3.63) is 62.3 Å². The maximum Gasteiger partial charge on any atom is 0.282 e. The Morgan fingerprint density at radius 3 is 2.61 bits per heavy atom. The molecule has 3 aromatic rings. The zero-order valence-corrected chi connectivity index (χ0v) is 21.3. The molecule has 14 heteroatoms. The highest BCUT2D eigenvalue weighted by molar-refractivity contribution is 7.10. The zero-order chi connectivity index (χ0) is 27.0. The van der Waals surface area contributed by atoms with E-state index in [-0.39, 0.29) is 11.7 Å². The Hall–Kier alpha value is -3.03. The highest BCUT2D eigenvalue weighted by Crippen LogP contribution is 2.40. The predicted octanol–water partition coefficient (Wildman–Crippen LogP) is 6.02. The number of aromatic nitrogens is 3. The van der Waals surface area contributed by atoms with Crippen LogP contribution >= 0.6 is 22.9 Å². The lowest BCUT2D eigenvalue weighted by molar-refractivity contribution is -0.116. The van der Waals surface area contributed by atoms with Crippen molar-refractivity contribution in [1.29, 1.82) is 0 Å². The number of benzene rings is 1. The quantitative estimate of drug-likeness (QED) is 0.263. The van der Waals surface area contributed by atoms with E-state index in [9.17, 15) is 27.5 Å². The van der Waals surface area contributed by atoms with E-state index < -0.39 is 36.5 Å². The number of carbonyl (C=O) groups excluding carboxylic acids is 1. The minimum absolute atomic E-state index is 0.0273. The van der Waals surface area contributed by atoms with Gasteiger partial charge in [0.25, 0.3) is 12.9 Å². The minimum atomic E-state index is -3.05. The van der Waals surface area contributed by atoms with Crippen LogP contribution in [0.4, 0.5) is 17.6 Å². The molecule has 2 atom stereocenters. The van der Waals surface area contributed by atoms with Gasteiger partial charge in [0, 0.05) is 30.8 Å². The fourth-order valence-corrected chi connectivity index (χ4v) is 6.05. The average molecular weight is 572 g/mol. The van der Waals surface area contributed by atoms with Crippen LogP contribution in [0, 0.1) is 0 Å². The van der Waals surface area contributed by atoms with Crippen molar-refractivity contribution < 1.29 is 32.3 Å². The van der Waals surface area contributed by atoms with Gasteiger partial charge < -0.3 is 9.94 Å². The van der Waals surface area contributed by atoms with Crippen molar-refractivity contribution in [2.24, 2.45) is 5.16 Å². The molecule has 2 aliphatic heterocycles. The Kier molecular flexibility index (Phi) is 7.68. The van der Waals surface area contributed by atoms with E-state index in [4.69, 9.17) is 21.4 Å². The molecule has 5 rings (SSSR count). The van der Waals surface area contributed by atoms with Crippen LogP contribution in [0.2, 0.25) is 5.02 Å². The first-order valence-corrected chi connectivity index (χ1v) is 13.0. The number of hydrogen-bond acceptors (Lipinski definition) is 8. The van der Waals surface area contributed by atoms with Gasteiger partial charge in [0.05, 0.1) is 21.3 Å². The fourth-order valence-electron chi connectivity index (χ4n) is 4.76. The van der Waals surface area contributed by atoms with Crippen molar-refractivity contribution >= 4 is 34.9 Å². The van der Waals surface area contributed by atoms with Crippen LogP contribution in [0.25, 0.3) is 0 Å². The molecule has 0 amide bonds. The van der Waals surface area contributed by atoms with E-state index in [0.29, 0.717) is 71.4 Å². The molecular weight excluding hydrogens is 550 g/mol. The monoisotopic (exact) mass is 571 g/mol. The number of piperidine rings is 1. The number of halogens is 5. The Labute approximate surface area is 223 Å². The van der Waals surface area contributed by atoms with Crippen molar-refractivity contribution in [3.8, 4) is 5.75 Å². The summed E-state index contributed by atoms with van der Waals surface area (Å²) in [4.78, 5) is 23.7. The maximum absolute atomic E-state index is 13.5. The first-order chi connectivity index (χ1) is 18.3. The van der Waals surface area contributed by atoms with Crippen LogP contribution in [0.5, 0.6) is 5.75 Å². The van der Waals surface area contributed by atoms with Crippen molar-refractivity contribution in [2.45, 2.75) is 50.3 Å². The number of phenolic OH excluding ortho intramolecular Hbond substituents is 1. The number of rotatable bonds is 8. The molecule has 0 spiro atoms. The minimum Gasteiger partial charge on any atom is -0.507 e. The number of phenols is 1. The molecule has 0 aliphatic carbocycles. The lowest BCUT2D eigenvalue weighted by atomic mass is 9.97. The maximum atomic E-state index is 13.5. The Balaban J connectivity index is 1.24. The van der Waals surface area contributed by atoms with E-state index in [1.807, 2.05) is 5.38 Å². The van der Waals surface area contributed by atoms with Gasteiger partial charge in [-0.3, -0.25) is 9.69 Å². The van der Waals surface area contributed by atoms with E-state index >= 15 is 0 Å².